The molecule has 6 heteroatoms. The fraction of sp³-hybridized carbons (Fsp3) is 0.611. The summed E-state index contributed by atoms with van der Waals surface area (Å²) < 4.78 is 25.7. The van der Waals surface area contributed by atoms with Crippen LogP contribution in [0.1, 0.15) is 43.2 Å². The molecule has 1 aromatic carbocycles. The van der Waals surface area contributed by atoms with Crippen molar-refractivity contribution in [2.24, 2.45) is 5.92 Å². The lowest BCUT2D eigenvalue weighted by atomic mass is 9.89. The molecule has 1 aliphatic rings. The van der Waals surface area contributed by atoms with Gasteiger partial charge < -0.3 is 5.32 Å². The minimum absolute atomic E-state index is 0.169. The van der Waals surface area contributed by atoms with Gasteiger partial charge in [-0.3, -0.25) is 9.10 Å². The first-order chi connectivity index (χ1) is 11.3. The van der Waals surface area contributed by atoms with Crippen LogP contribution in [0.25, 0.3) is 0 Å². The highest BCUT2D eigenvalue weighted by atomic mass is 32.2. The predicted octanol–water partition coefficient (Wildman–Crippen LogP) is 2.77. The molecule has 1 saturated carbocycles. The van der Waals surface area contributed by atoms with Crippen LogP contribution in [0, 0.1) is 19.8 Å². The first kappa shape index (κ1) is 18.8. The summed E-state index contributed by atoms with van der Waals surface area (Å²) in [7, 11) is -3.53. The van der Waals surface area contributed by atoms with Gasteiger partial charge in [-0.15, -0.1) is 0 Å². The molecule has 0 aliphatic heterocycles. The number of nitrogens with zero attached hydrogens (tertiary/aromatic N) is 1. The van der Waals surface area contributed by atoms with Gasteiger partial charge in [-0.1, -0.05) is 37.5 Å². The Labute approximate surface area is 145 Å². The third-order valence-corrected chi connectivity index (χ3v) is 5.80. The maximum absolute atomic E-state index is 12.3. The standard InChI is InChI=1S/C18H28N2O3S/c1-14-8-7-9-15(2)18(14)20(24(3,22)23)13-17(21)19-12-16-10-5-4-6-11-16/h7-9,16H,4-6,10-13H2,1-3H3,(H,19,21). The zero-order valence-electron chi connectivity index (χ0n) is 14.8. The van der Waals surface area contributed by atoms with E-state index in [-0.39, 0.29) is 12.5 Å². The molecule has 0 heterocycles. The second kappa shape index (κ2) is 8.01. The fourth-order valence-corrected chi connectivity index (χ4v) is 4.37. The van der Waals surface area contributed by atoms with Gasteiger partial charge in [-0.25, -0.2) is 8.42 Å². The lowest BCUT2D eigenvalue weighted by Gasteiger charge is -2.26. The number of sulfonamides is 1. The molecule has 1 aromatic rings. The minimum Gasteiger partial charge on any atom is -0.354 e. The van der Waals surface area contributed by atoms with E-state index in [1.807, 2.05) is 32.0 Å². The molecule has 1 N–H and O–H groups in total. The molecule has 2 rings (SSSR count). The second-order valence-corrected chi connectivity index (χ2v) is 8.72. The van der Waals surface area contributed by atoms with Crippen LogP contribution in [-0.2, 0) is 14.8 Å². The Bertz CT molecular complexity index is 659. The van der Waals surface area contributed by atoms with Crippen molar-refractivity contribution in [2.75, 3.05) is 23.7 Å². The molecule has 1 fully saturated rings. The van der Waals surface area contributed by atoms with Crippen molar-refractivity contribution >= 4 is 21.6 Å². The predicted molar refractivity (Wildman–Crippen MR) is 97.7 cm³/mol. The maximum Gasteiger partial charge on any atom is 0.240 e. The summed E-state index contributed by atoms with van der Waals surface area (Å²) in [5.41, 5.74) is 2.30. The molecule has 0 unspecified atom stereocenters. The lowest BCUT2D eigenvalue weighted by Crippen LogP contribution is -2.42. The number of benzene rings is 1. The average Bonchev–Trinajstić information content (AvgIpc) is 2.52. The topological polar surface area (TPSA) is 66.5 Å². The number of carbonyl (C=O) groups is 1. The second-order valence-electron chi connectivity index (χ2n) is 6.82. The Kier molecular flexibility index (Phi) is 6.27. The van der Waals surface area contributed by atoms with Crippen molar-refractivity contribution in [1.82, 2.24) is 5.32 Å². The van der Waals surface area contributed by atoms with E-state index in [1.54, 1.807) is 0 Å². The van der Waals surface area contributed by atoms with Crippen LogP contribution < -0.4 is 9.62 Å². The largest absolute Gasteiger partial charge is 0.354 e. The molecule has 0 atom stereocenters. The van der Waals surface area contributed by atoms with Gasteiger partial charge in [-0.05, 0) is 43.7 Å². The van der Waals surface area contributed by atoms with Crippen LogP contribution in [0.3, 0.4) is 0 Å². The van der Waals surface area contributed by atoms with Gasteiger partial charge in [0, 0.05) is 6.54 Å². The van der Waals surface area contributed by atoms with Gasteiger partial charge in [0.2, 0.25) is 15.9 Å². The normalized spacial score (nSPS) is 16.0. The molecule has 0 bridgehead atoms. The summed E-state index contributed by atoms with van der Waals surface area (Å²) in [5.74, 6) is 0.281. The van der Waals surface area contributed by atoms with E-state index in [4.69, 9.17) is 0 Å². The first-order valence-corrected chi connectivity index (χ1v) is 10.4. The summed E-state index contributed by atoms with van der Waals surface area (Å²) in [6.07, 6.45) is 7.16. The van der Waals surface area contributed by atoms with Crippen LogP contribution in [0.4, 0.5) is 5.69 Å². The van der Waals surface area contributed by atoms with Crippen molar-refractivity contribution in [1.29, 1.82) is 0 Å². The number of hydrogen-bond acceptors (Lipinski definition) is 3. The van der Waals surface area contributed by atoms with Gasteiger partial charge in [0.1, 0.15) is 6.54 Å². The average molecular weight is 353 g/mol. The van der Waals surface area contributed by atoms with Crippen LogP contribution in [0.15, 0.2) is 18.2 Å². The van der Waals surface area contributed by atoms with Crippen LogP contribution >= 0.6 is 0 Å². The van der Waals surface area contributed by atoms with E-state index in [9.17, 15) is 13.2 Å². The van der Waals surface area contributed by atoms with Gasteiger partial charge in [0.05, 0.1) is 11.9 Å². The van der Waals surface area contributed by atoms with E-state index < -0.39 is 10.0 Å². The summed E-state index contributed by atoms with van der Waals surface area (Å²) in [5, 5.41) is 2.92. The lowest BCUT2D eigenvalue weighted by molar-refractivity contribution is -0.119. The summed E-state index contributed by atoms with van der Waals surface area (Å²) in [6.45, 7) is 4.20. The number of carbonyl (C=O) groups excluding carboxylic acids is 1. The summed E-state index contributed by atoms with van der Waals surface area (Å²) in [4.78, 5) is 12.3. The van der Waals surface area contributed by atoms with Crippen LogP contribution in [0.5, 0.6) is 0 Å². The van der Waals surface area contributed by atoms with E-state index in [0.717, 1.165) is 30.2 Å². The highest BCUT2D eigenvalue weighted by Gasteiger charge is 2.24. The number of amides is 1. The van der Waals surface area contributed by atoms with Gasteiger partial charge in [0.15, 0.2) is 0 Å². The third kappa shape index (κ3) is 4.97. The maximum atomic E-state index is 12.3. The summed E-state index contributed by atoms with van der Waals surface area (Å²) in [6, 6.07) is 5.61. The number of hydrogen-bond donors (Lipinski definition) is 1. The van der Waals surface area contributed by atoms with Crippen LogP contribution in [-0.4, -0.2) is 33.7 Å². The molecule has 0 radical (unpaired) electrons. The molecule has 1 amide bonds. The Morgan fingerprint density at radius 2 is 1.75 bits per heavy atom. The molecule has 5 nitrogen and oxygen atoms in total. The van der Waals surface area contributed by atoms with Crippen molar-refractivity contribution in [3.63, 3.8) is 0 Å². The number of nitrogens with one attached hydrogen (secondary N) is 1. The highest BCUT2D eigenvalue weighted by molar-refractivity contribution is 7.92. The molecule has 134 valence electrons. The van der Waals surface area contributed by atoms with Gasteiger partial charge in [0.25, 0.3) is 0 Å². The Morgan fingerprint density at radius 3 is 2.29 bits per heavy atom. The smallest absolute Gasteiger partial charge is 0.240 e. The zero-order valence-corrected chi connectivity index (χ0v) is 15.7. The first-order valence-electron chi connectivity index (χ1n) is 8.59. The molecule has 24 heavy (non-hydrogen) atoms. The minimum atomic E-state index is -3.53. The van der Waals surface area contributed by atoms with Crippen molar-refractivity contribution in [3.8, 4) is 0 Å². The fourth-order valence-electron chi connectivity index (χ4n) is 3.40. The molecule has 0 saturated heterocycles. The number of para-hydroxylation sites is 1. The molecule has 0 spiro atoms. The van der Waals surface area contributed by atoms with E-state index in [1.165, 1.54) is 23.6 Å². The molecule has 1 aliphatic carbocycles. The van der Waals surface area contributed by atoms with E-state index in [2.05, 4.69) is 5.32 Å². The van der Waals surface area contributed by atoms with Gasteiger partial charge >= 0.3 is 0 Å². The molecular weight excluding hydrogens is 324 g/mol. The van der Waals surface area contributed by atoms with Crippen molar-refractivity contribution in [2.45, 2.75) is 46.0 Å². The Hall–Kier alpha value is -1.56. The van der Waals surface area contributed by atoms with Crippen LogP contribution in [0.2, 0.25) is 0 Å². The van der Waals surface area contributed by atoms with Gasteiger partial charge in [-0.2, -0.15) is 0 Å². The van der Waals surface area contributed by atoms with Crippen molar-refractivity contribution in [3.05, 3.63) is 29.3 Å². The number of aryl methyl sites for hydroxylation is 2. The zero-order chi connectivity index (χ0) is 17.7. The summed E-state index contributed by atoms with van der Waals surface area (Å²) >= 11 is 0. The molecular formula is C18H28N2O3S. The molecule has 0 aromatic heterocycles. The number of rotatable bonds is 6. The SMILES string of the molecule is Cc1cccc(C)c1N(CC(=O)NCC1CCCCC1)S(C)(=O)=O. The number of anilines is 1. The monoisotopic (exact) mass is 352 g/mol. The Balaban J connectivity index is 2.08. The third-order valence-electron chi connectivity index (χ3n) is 4.69. The van der Waals surface area contributed by atoms with E-state index in [0.29, 0.717) is 18.2 Å². The Morgan fingerprint density at radius 1 is 1.17 bits per heavy atom. The quantitative estimate of drug-likeness (QED) is 0.856. The highest BCUT2D eigenvalue weighted by Crippen LogP contribution is 2.26. The van der Waals surface area contributed by atoms with E-state index >= 15 is 0 Å². The van der Waals surface area contributed by atoms with Crippen molar-refractivity contribution < 1.29 is 13.2 Å².